The number of nitrogens with zero attached hydrogens (tertiary/aromatic N) is 3. The first-order chi connectivity index (χ1) is 16.5. The van der Waals surface area contributed by atoms with Crippen LogP contribution in [0.2, 0.25) is 0 Å². The second-order valence-electron chi connectivity index (χ2n) is 8.41. The molecule has 6 nitrogen and oxygen atoms in total. The maximum Gasteiger partial charge on any atom is 0.237 e. The summed E-state index contributed by atoms with van der Waals surface area (Å²) >= 11 is 1.41. The predicted molar refractivity (Wildman–Crippen MR) is 137 cm³/mol. The third-order valence-electron chi connectivity index (χ3n) is 6.01. The Bertz CT molecular complexity index is 1250. The predicted octanol–water partition coefficient (Wildman–Crippen LogP) is 6.53. The standard InChI is InChI=1S/C27H30N4O2S/c1-5-18(2)22-13-9-10-14-24(22)28-26(32)20(4)34-27-30-29-25(23-15-16-33-19(23)3)31(27)17-21-11-7-6-8-12-21/h6-16,18,20H,5,17H2,1-4H3,(H,28,32)/t18-,20+/m1/s1. The van der Waals surface area contributed by atoms with Crippen molar-refractivity contribution in [3.05, 3.63) is 83.8 Å². The zero-order valence-corrected chi connectivity index (χ0v) is 20.8. The van der Waals surface area contributed by atoms with E-state index in [-0.39, 0.29) is 11.2 Å². The number of aromatic nitrogens is 3. The van der Waals surface area contributed by atoms with Gasteiger partial charge >= 0.3 is 0 Å². The van der Waals surface area contributed by atoms with E-state index in [0.717, 1.165) is 40.4 Å². The van der Waals surface area contributed by atoms with Crippen LogP contribution >= 0.6 is 11.8 Å². The van der Waals surface area contributed by atoms with Crippen LogP contribution in [0, 0.1) is 6.92 Å². The van der Waals surface area contributed by atoms with Gasteiger partial charge in [-0.2, -0.15) is 0 Å². The fourth-order valence-electron chi connectivity index (χ4n) is 3.81. The number of furan rings is 1. The number of aryl methyl sites for hydroxylation is 1. The van der Waals surface area contributed by atoms with Crippen molar-refractivity contribution >= 4 is 23.4 Å². The highest BCUT2D eigenvalue weighted by Crippen LogP contribution is 2.31. The topological polar surface area (TPSA) is 73.0 Å². The zero-order chi connectivity index (χ0) is 24.1. The first-order valence-corrected chi connectivity index (χ1v) is 12.4. The quantitative estimate of drug-likeness (QED) is 0.279. The third-order valence-corrected chi connectivity index (χ3v) is 7.09. The van der Waals surface area contributed by atoms with Crippen LogP contribution in [0.4, 0.5) is 5.69 Å². The van der Waals surface area contributed by atoms with Gasteiger partial charge in [-0.3, -0.25) is 9.36 Å². The van der Waals surface area contributed by atoms with Crippen LogP contribution in [-0.2, 0) is 11.3 Å². The molecule has 0 aliphatic carbocycles. The molecule has 0 saturated carbocycles. The van der Waals surface area contributed by atoms with Crippen molar-refractivity contribution in [2.45, 2.75) is 57.0 Å². The minimum atomic E-state index is -0.359. The van der Waals surface area contributed by atoms with Gasteiger partial charge in [0, 0.05) is 5.69 Å². The summed E-state index contributed by atoms with van der Waals surface area (Å²) in [5.74, 6) is 1.82. The maximum atomic E-state index is 13.1. The van der Waals surface area contributed by atoms with E-state index >= 15 is 0 Å². The van der Waals surface area contributed by atoms with Crippen LogP contribution in [-0.4, -0.2) is 25.9 Å². The van der Waals surface area contributed by atoms with Crippen LogP contribution in [0.25, 0.3) is 11.4 Å². The zero-order valence-electron chi connectivity index (χ0n) is 20.0. The maximum absolute atomic E-state index is 13.1. The van der Waals surface area contributed by atoms with Crippen molar-refractivity contribution in [2.24, 2.45) is 0 Å². The average Bonchev–Trinajstić information content (AvgIpc) is 3.45. The molecular weight excluding hydrogens is 444 g/mol. The highest BCUT2D eigenvalue weighted by Gasteiger charge is 2.23. The normalized spacial score (nSPS) is 12.9. The van der Waals surface area contributed by atoms with Crippen LogP contribution in [0.5, 0.6) is 0 Å². The van der Waals surface area contributed by atoms with Crippen LogP contribution < -0.4 is 5.32 Å². The molecule has 2 atom stereocenters. The van der Waals surface area contributed by atoms with E-state index in [1.807, 2.05) is 56.3 Å². The lowest BCUT2D eigenvalue weighted by atomic mass is 9.97. The second-order valence-corrected chi connectivity index (χ2v) is 9.72. The first kappa shape index (κ1) is 23.8. The number of hydrogen-bond donors (Lipinski definition) is 1. The Morgan fingerprint density at radius 3 is 2.50 bits per heavy atom. The van der Waals surface area contributed by atoms with Gasteiger partial charge in [0.15, 0.2) is 11.0 Å². The molecular formula is C27H30N4O2S. The number of para-hydroxylation sites is 1. The van der Waals surface area contributed by atoms with Gasteiger partial charge in [0.25, 0.3) is 0 Å². The lowest BCUT2D eigenvalue weighted by molar-refractivity contribution is -0.115. The monoisotopic (exact) mass is 474 g/mol. The van der Waals surface area contributed by atoms with E-state index < -0.39 is 0 Å². The van der Waals surface area contributed by atoms with Crippen molar-refractivity contribution in [3.8, 4) is 11.4 Å². The fourth-order valence-corrected chi connectivity index (χ4v) is 4.66. The van der Waals surface area contributed by atoms with Gasteiger partial charge in [-0.15, -0.1) is 10.2 Å². The highest BCUT2D eigenvalue weighted by atomic mass is 32.2. The Kier molecular flexibility index (Phi) is 7.53. The summed E-state index contributed by atoms with van der Waals surface area (Å²) in [4.78, 5) is 13.1. The lowest BCUT2D eigenvalue weighted by Gasteiger charge is -2.18. The van der Waals surface area contributed by atoms with Gasteiger partial charge in [-0.25, -0.2) is 0 Å². The summed E-state index contributed by atoms with van der Waals surface area (Å²) in [6, 6.07) is 20.1. The molecule has 0 fully saturated rings. The number of nitrogens with one attached hydrogen (secondary N) is 1. The molecule has 4 rings (SSSR count). The molecule has 0 spiro atoms. The first-order valence-electron chi connectivity index (χ1n) is 11.6. The van der Waals surface area contributed by atoms with Gasteiger partial charge in [0.05, 0.1) is 23.6 Å². The number of anilines is 1. The van der Waals surface area contributed by atoms with E-state index in [0.29, 0.717) is 17.6 Å². The Morgan fingerprint density at radius 2 is 1.79 bits per heavy atom. The molecule has 1 N–H and O–H groups in total. The highest BCUT2D eigenvalue weighted by molar-refractivity contribution is 8.00. The third kappa shape index (κ3) is 5.25. The van der Waals surface area contributed by atoms with Gasteiger partial charge in [-0.05, 0) is 49.4 Å². The molecule has 0 aliphatic rings. The van der Waals surface area contributed by atoms with Crippen molar-refractivity contribution in [1.29, 1.82) is 0 Å². The smallest absolute Gasteiger partial charge is 0.237 e. The Hall–Kier alpha value is -3.32. The van der Waals surface area contributed by atoms with Crippen molar-refractivity contribution in [1.82, 2.24) is 14.8 Å². The number of carbonyl (C=O) groups excluding carboxylic acids is 1. The molecule has 0 unspecified atom stereocenters. The van der Waals surface area contributed by atoms with E-state index in [1.165, 1.54) is 11.8 Å². The molecule has 0 aliphatic heterocycles. The van der Waals surface area contributed by atoms with Crippen LogP contribution in [0.15, 0.2) is 76.5 Å². The largest absolute Gasteiger partial charge is 0.469 e. The number of hydrogen-bond acceptors (Lipinski definition) is 5. The Morgan fingerprint density at radius 1 is 1.06 bits per heavy atom. The van der Waals surface area contributed by atoms with Crippen LogP contribution in [0.1, 0.15) is 50.0 Å². The van der Waals surface area contributed by atoms with Gasteiger partial charge < -0.3 is 9.73 Å². The summed E-state index contributed by atoms with van der Waals surface area (Å²) in [5, 5.41) is 12.4. The lowest BCUT2D eigenvalue weighted by Crippen LogP contribution is -2.24. The summed E-state index contributed by atoms with van der Waals surface area (Å²) in [6.45, 7) is 8.74. The minimum absolute atomic E-state index is 0.0592. The van der Waals surface area contributed by atoms with Crippen LogP contribution in [0.3, 0.4) is 0 Å². The van der Waals surface area contributed by atoms with Gasteiger partial charge in [0.2, 0.25) is 5.91 Å². The summed E-state index contributed by atoms with van der Waals surface area (Å²) < 4.78 is 7.56. The minimum Gasteiger partial charge on any atom is -0.469 e. The summed E-state index contributed by atoms with van der Waals surface area (Å²) in [6.07, 6.45) is 2.67. The van der Waals surface area contributed by atoms with Crippen molar-refractivity contribution < 1.29 is 9.21 Å². The van der Waals surface area contributed by atoms with Crippen molar-refractivity contribution in [2.75, 3.05) is 5.32 Å². The van der Waals surface area contributed by atoms with Crippen molar-refractivity contribution in [3.63, 3.8) is 0 Å². The number of rotatable bonds is 9. The molecule has 1 amide bonds. The SMILES string of the molecule is CC[C@@H](C)c1ccccc1NC(=O)[C@H](C)Sc1nnc(-c2ccoc2C)n1Cc1ccccc1. The molecule has 2 aromatic heterocycles. The number of benzene rings is 2. The van der Waals surface area contributed by atoms with E-state index in [4.69, 9.17) is 4.42 Å². The molecule has 4 aromatic rings. The second kappa shape index (κ2) is 10.7. The average molecular weight is 475 g/mol. The summed E-state index contributed by atoms with van der Waals surface area (Å²) in [7, 11) is 0. The molecule has 2 heterocycles. The number of carbonyl (C=O) groups is 1. The molecule has 0 bridgehead atoms. The van der Waals surface area contributed by atoms with Gasteiger partial charge in [0.1, 0.15) is 5.76 Å². The molecule has 176 valence electrons. The Balaban J connectivity index is 1.58. The molecule has 0 saturated heterocycles. The fraction of sp³-hybridized carbons (Fsp3) is 0.296. The molecule has 34 heavy (non-hydrogen) atoms. The number of amides is 1. The van der Waals surface area contributed by atoms with Gasteiger partial charge in [-0.1, -0.05) is 74.1 Å². The number of thioether (sulfide) groups is 1. The van der Waals surface area contributed by atoms with E-state index in [2.05, 4.69) is 52.1 Å². The molecule has 7 heteroatoms. The van der Waals surface area contributed by atoms with E-state index in [9.17, 15) is 4.79 Å². The molecule has 2 aromatic carbocycles. The van der Waals surface area contributed by atoms with E-state index in [1.54, 1.807) is 6.26 Å². The summed E-state index contributed by atoms with van der Waals surface area (Å²) in [5.41, 5.74) is 4.05. The molecule has 0 radical (unpaired) electrons. The Labute approximate surface area is 204 Å².